The number of nitrogens with zero attached hydrogens (tertiary/aromatic N) is 2. The van der Waals surface area contributed by atoms with Crippen molar-refractivity contribution in [3.05, 3.63) is 77.7 Å². The lowest BCUT2D eigenvalue weighted by molar-refractivity contribution is -0.123. The van der Waals surface area contributed by atoms with E-state index in [1.54, 1.807) is 27.7 Å². The van der Waals surface area contributed by atoms with Crippen molar-refractivity contribution in [2.45, 2.75) is 19.8 Å². The number of carbonyl (C=O) groups excluding carboxylic acids is 2. The van der Waals surface area contributed by atoms with Gasteiger partial charge < -0.3 is 15.2 Å². The van der Waals surface area contributed by atoms with Gasteiger partial charge in [-0.05, 0) is 43.5 Å². The number of halogens is 1. The highest BCUT2D eigenvalue weighted by molar-refractivity contribution is 5.97. The zero-order valence-electron chi connectivity index (χ0n) is 16.8. The summed E-state index contributed by atoms with van der Waals surface area (Å²) in [5.74, 6) is -0.953. The minimum Gasteiger partial charge on any atom is -0.369 e. The lowest BCUT2D eigenvalue weighted by Gasteiger charge is -2.30. The van der Waals surface area contributed by atoms with Gasteiger partial charge in [-0.3, -0.25) is 9.59 Å². The topological polar surface area (TPSA) is 68.3 Å². The van der Waals surface area contributed by atoms with Gasteiger partial charge in [-0.1, -0.05) is 42.5 Å². The molecule has 4 rings (SSSR count). The molecule has 154 valence electrons. The Hall–Kier alpha value is -3.41. The van der Waals surface area contributed by atoms with Crippen molar-refractivity contribution in [3.8, 4) is 16.9 Å². The van der Waals surface area contributed by atoms with Gasteiger partial charge in [0.1, 0.15) is 5.82 Å². The summed E-state index contributed by atoms with van der Waals surface area (Å²) in [6.45, 7) is 2.80. The highest BCUT2D eigenvalue weighted by Crippen LogP contribution is 2.32. The van der Waals surface area contributed by atoms with E-state index in [1.165, 1.54) is 6.07 Å². The van der Waals surface area contributed by atoms with Gasteiger partial charge in [-0.25, -0.2) is 4.39 Å². The third-order valence-electron chi connectivity index (χ3n) is 5.83. The molecule has 5 nitrogen and oxygen atoms in total. The monoisotopic (exact) mass is 405 g/mol. The molecule has 1 aliphatic rings. The van der Waals surface area contributed by atoms with E-state index in [9.17, 15) is 14.0 Å². The second-order valence-corrected chi connectivity index (χ2v) is 7.65. The summed E-state index contributed by atoms with van der Waals surface area (Å²) in [5, 5.41) is 0. The lowest BCUT2D eigenvalue weighted by Crippen LogP contribution is -2.41. The quantitative estimate of drug-likeness (QED) is 0.715. The van der Waals surface area contributed by atoms with Crippen LogP contribution in [0.4, 0.5) is 4.39 Å². The number of nitrogens with two attached hydrogens (primary N) is 1. The van der Waals surface area contributed by atoms with Crippen molar-refractivity contribution in [1.29, 1.82) is 0 Å². The number of primary amides is 1. The van der Waals surface area contributed by atoms with Crippen molar-refractivity contribution in [2.24, 2.45) is 11.7 Å². The molecule has 30 heavy (non-hydrogen) atoms. The van der Waals surface area contributed by atoms with E-state index >= 15 is 0 Å². The summed E-state index contributed by atoms with van der Waals surface area (Å²) in [4.78, 5) is 26.5. The Morgan fingerprint density at radius 2 is 1.63 bits per heavy atom. The Kier molecular flexibility index (Phi) is 5.40. The number of piperidine rings is 1. The largest absolute Gasteiger partial charge is 0.369 e. The number of benzene rings is 2. The molecular formula is C24H24FN3O2. The first-order chi connectivity index (χ1) is 14.5. The Bertz CT molecular complexity index is 1080. The highest BCUT2D eigenvalue weighted by atomic mass is 19.1. The normalized spacial score (nSPS) is 14.7. The van der Waals surface area contributed by atoms with Crippen molar-refractivity contribution in [2.75, 3.05) is 13.1 Å². The fourth-order valence-electron chi connectivity index (χ4n) is 4.13. The molecule has 2 N–H and O–H groups in total. The predicted molar refractivity (Wildman–Crippen MR) is 114 cm³/mol. The van der Waals surface area contributed by atoms with E-state index in [1.807, 2.05) is 43.3 Å². The Morgan fingerprint density at radius 3 is 2.27 bits per heavy atom. The Labute approximate surface area is 174 Å². The third-order valence-corrected chi connectivity index (χ3v) is 5.83. The first-order valence-electron chi connectivity index (χ1n) is 10.1. The molecule has 2 heterocycles. The Morgan fingerprint density at radius 1 is 1.00 bits per heavy atom. The molecule has 2 aromatic carbocycles. The lowest BCUT2D eigenvalue weighted by atomic mass is 9.96. The number of carbonyl (C=O) groups is 2. The van der Waals surface area contributed by atoms with E-state index in [0.717, 1.165) is 11.3 Å². The van der Waals surface area contributed by atoms with Gasteiger partial charge in [0.05, 0.1) is 16.9 Å². The van der Waals surface area contributed by atoms with Crippen LogP contribution < -0.4 is 5.73 Å². The first-order valence-corrected chi connectivity index (χ1v) is 10.1. The van der Waals surface area contributed by atoms with Crippen molar-refractivity contribution >= 4 is 11.8 Å². The highest BCUT2D eigenvalue weighted by Gasteiger charge is 2.29. The van der Waals surface area contributed by atoms with Crippen LogP contribution in [-0.2, 0) is 4.79 Å². The molecule has 0 spiro atoms. The van der Waals surface area contributed by atoms with Gasteiger partial charge in [-0.2, -0.15) is 0 Å². The first kappa shape index (κ1) is 19.9. The minimum atomic E-state index is -0.352. The fourth-order valence-corrected chi connectivity index (χ4v) is 4.13. The molecule has 1 aromatic heterocycles. The van der Waals surface area contributed by atoms with Gasteiger partial charge in [0.2, 0.25) is 5.91 Å². The number of aromatic nitrogens is 1. The zero-order chi connectivity index (χ0) is 21.3. The maximum absolute atomic E-state index is 14.7. The fraction of sp³-hybridized carbons (Fsp3) is 0.250. The molecule has 0 aliphatic carbocycles. The van der Waals surface area contributed by atoms with Gasteiger partial charge in [0.15, 0.2) is 0 Å². The minimum absolute atomic E-state index is 0.109. The van der Waals surface area contributed by atoms with Crippen LogP contribution >= 0.6 is 0 Å². The molecule has 0 atom stereocenters. The summed E-state index contributed by atoms with van der Waals surface area (Å²) < 4.78 is 16.5. The van der Waals surface area contributed by atoms with E-state index in [4.69, 9.17) is 5.73 Å². The Balaban J connectivity index is 1.76. The summed E-state index contributed by atoms with van der Waals surface area (Å²) in [6.07, 6.45) is 1.14. The zero-order valence-corrected chi connectivity index (χ0v) is 16.8. The van der Waals surface area contributed by atoms with Crippen molar-refractivity contribution < 1.29 is 14.0 Å². The molecule has 1 fully saturated rings. The molecular weight excluding hydrogens is 381 g/mol. The maximum Gasteiger partial charge on any atom is 0.255 e. The molecule has 0 bridgehead atoms. The molecule has 0 unspecified atom stereocenters. The SMILES string of the molecule is Cc1c(C(=O)N2CCC(C(N)=O)CC2)cc(-c2ccccc2)n1-c1ccccc1F. The number of hydrogen-bond donors (Lipinski definition) is 1. The third kappa shape index (κ3) is 3.61. The standard InChI is InChI=1S/C24H24FN3O2/c1-16-19(24(30)27-13-11-18(12-14-27)23(26)29)15-22(17-7-3-2-4-8-17)28(16)21-10-6-5-9-20(21)25/h2-10,15,18H,11-14H2,1H3,(H2,26,29). The molecule has 0 radical (unpaired) electrons. The predicted octanol–water partition coefficient (Wildman–Crippen LogP) is 3.93. The number of hydrogen-bond acceptors (Lipinski definition) is 2. The van der Waals surface area contributed by atoms with E-state index < -0.39 is 0 Å². The van der Waals surface area contributed by atoms with Crippen LogP contribution in [0.3, 0.4) is 0 Å². The molecule has 3 aromatic rings. The number of amides is 2. The van der Waals surface area contributed by atoms with Gasteiger partial charge >= 0.3 is 0 Å². The number of para-hydroxylation sites is 1. The van der Waals surface area contributed by atoms with E-state index in [-0.39, 0.29) is 23.5 Å². The molecule has 1 aliphatic heterocycles. The van der Waals surface area contributed by atoms with Crippen LogP contribution in [-0.4, -0.2) is 34.4 Å². The maximum atomic E-state index is 14.7. The molecule has 6 heteroatoms. The second-order valence-electron chi connectivity index (χ2n) is 7.65. The number of rotatable bonds is 4. The van der Waals surface area contributed by atoms with Gasteiger partial charge in [0, 0.05) is 24.7 Å². The average Bonchev–Trinajstić information content (AvgIpc) is 3.11. The summed E-state index contributed by atoms with van der Waals surface area (Å²) in [7, 11) is 0. The van der Waals surface area contributed by atoms with Crippen LogP contribution in [0.2, 0.25) is 0 Å². The van der Waals surface area contributed by atoms with Crippen LogP contribution in [0.5, 0.6) is 0 Å². The molecule has 2 amide bonds. The van der Waals surface area contributed by atoms with Crippen LogP contribution in [0, 0.1) is 18.7 Å². The molecule has 0 saturated carbocycles. The summed E-state index contributed by atoms with van der Waals surface area (Å²) >= 11 is 0. The van der Waals surface area contributed by atoms with Crippen LogP contribution in [0.1, 0.15) is 28.9 Å². The van der Waals surface area contributed by atoms with Crippen molar-refractivity contribution in [3.63, 3.8) is 0 Å². The summed E-state index contributed by atoms with van der Waals surface area (Å²) in [5.41, 5.74) is 8.69. The molecule has 1 saturated heterocycles. The van der Waals surface area contributed by atoms with E-state index in [2.05, 4.69) is 0 Å². The van der Waals surface area contributed by atoms with Gasteiger partial charge in [-0.15, -0.1) is 0 Å². The average molecular weight is 405 g/mol. The second kappa shape index (κ2) is 8.14. The van der Waals surface area contributed by atoms with Crippen molar-refractivity contribution in [1.82, 2.24) is 9.47 Å². The van der Waals surface area contributed by atoms with Crippen LogP contribution in [0.15, 0.2) is 60.7 Å². The smallest absolute Gasteiger partial charge is 0.255 e. The van der Waals surface area contributed by atoms with E-state index in [0.29, 0.717) is 42.9 Å². The van der Waals surface area contributed by atoms with Crippen LogP contribution in [0.25, 0.3) is 16.9 Å². The van der Waals surface area contributed by atoms with Gasteiger partial charge in [0.25, 0.3) is 5.91 Å². The number of likely N-dealkylation sites (tertiary alicyclic amines) is 1. The summed E-state index contributed by atoms with van der Waals surface area (Å²) in [6, 6.07) is 18.0.